The molecule has 0 aliphatic carbocycles. The standard InChI is InChI=1S/C19H17Cl2N3OS/c1-13-23-16(12-26(25)17-5-3-2-4-6-17)10-19(24-13)22-11-14-7-8-15(20)9-18(14)21/h2-10H,11-12H2,1H3,(H,22,23,24)/t26-/m1/s1. The molecule has 3 aromatic rings. The molecule has 0 spiro atoms. The summed E-state index contributed by atoms with van der Waals surface area (Å²) in [7, 11) is -1.15. The van der Waals surface area contributed by atoms with E-state index in [2.05, 4.69) is 15.3 Å². The normalized spacial score (nSPS) is 12.0. The molecule has 1 N–H and O–H groups in total. The van der Waals surface area contributed by atoms with Gasteiger partial charge in [0.25, 0.3) is 0 Å². The molecule has 1 aromatic heterocycles. The number of halogens is 2. The Morgan fingerprint density at radius 2 is 1.81 bits per heavy atom. The van der Waals surface area contributed by atoms with Crippen molar-refractivity contribution in [3.05, 3.63) is 81.7 Å². The third-order valence-electron chi connectivity index (χ3n) is 3.65. The Labute approximate surface area is 165 Å². The number of benzene rings is 2. The second-order valence-electron chi connectivity index (χ2n) is 5.68. The van der Waals surface area contributed by atoms with Gasteiger partial charge in [-0.15, -0.1) is 0 Å². The van der Waals surface area contributed by atoms with E-state index in [0.717, 1.165) is 16.2 Å². The SMILES string of the molecule is Cc1nc(C[S@@](=O)c2ccccc2)cc(NCc2ccc(Cl)cc2Cl)n1. The summed E-state index contributed by atoms with van der Waals surface area (Å²) in [4.78, 5) is 9.57. The van der Waals surface area contributed by atoms with E-state index in [9.17, 15) is 4.21 Å². The van der Waals surface area contributed by atoms with E-state index in [-0.39, 0.29) is 0 Å². The Morgan fingerprint density at radius 3 is 2.54 bits per heavy atom. The highest BCUT2D eigenvalue weighted by Crippen LogP contribution is 2.22. The van der Waals surface area contributed by atoms with Crippen molar-refractivity contribution in [3.8, 4) is 0 Å². The van der Waals surface area contributed by atoms with Gasteiger partial charge in [0.15, 0.2) is 0 Å². The highest BCUT2D eigenvalue weighted by atomic mass is 35.5. The van der Waals surface area contributed by atoms with Gasteiger partial charge in [-0.1, -0.05) is 47.5 Å². The fourth-order valence-electron chi connectivity index (χ4n) is 2.43. The first-order valence-electron chi connectivity index (χ1n) is 7.97. The van der Waals surface area contributed by atoms with Crippen molar-refractivity contribution in [2.75, 3.05) is 5.32 Å². The summed E-state index contributed by atoms with van der Waals surface area (Å²) in [5.41, 5.74) is 1.64. The fraction of sp³-hybridized carbons (Fsp3) is 0.158. The zero-order valence-electron chi connectivity index (χ0n) is 14.1. The monoisotopic (exact) mass is 405 g/mol. The molecular weight excluding hydrogens is 389 g/mol. The summed E-state index contributed by atoms with van der Waals surface area (Å²) in [6.45, 7) is 2.32. The lowest BCUT2D eigenvalue weighted by atomic mass is 10.2. The van der Waals surface area contributed by atoms with Gasteiger partial charge in [-0.25, -0.2) is 9.97 Å². The molecule has 0 radical (unpaired) electrons. The van der Waals surface area contributed by atoms with Crippen LogP contribution in [0.2, 0.25) is 10.0 Å². The van der Waals surface area contributed by atoms with Crippen molar-refractivity contribution in [2.24, 2.45) is 0 Å². The van der Waals surface area contributed by atoms with Crippen LogP contribution in [-0.2, 0) is 23.1 Å². The molecule has 0 bridgehead atoms. The van der Waals surface area contributed by atoms with Crippen molar-refractivity contribution in [1.82, 2.24) is 9.97 Å². The molecule has 0 aliphatic rings. The Balaban J connectivity index is 1.72. The quantitative estimate of drug-likeness (QED) is 0.625. The molecule has 134 valence electrons. The maximum absolute atomic E-state index is 12.5. The number of aromatic nitrogens is 2. The second kappa shape index (κ2) is 8.62. The summed E-state index contributed by atoms with van der Waals surface area (Å²) >= 11 is 12.1. The first kappa shape index (κ1) is 18.8. The van der Waals surface area contributed by atoms with Crippen molar-refractivity contribution in [2.45, 2.75) is 24.1 Å². The Morgan fingerprint density at radius 1 is 1.04 bits per heavy atom. The van der Waals surface area contributed by atoms with E-state index in [4.69, 9.17) is 23.2 Å². The molecule has 0 amide bonds. The number of anilines is 1. The molecule has 26 heavy (non-hydrogen) atoms. The van der Waals surface area contributed by atoms with E-state index in [1.807, 2.05) is 49.4 Å². The van der Waals surface area contributed by atoms with Crippen molar-refractivity contribution in [1.29, 1.82) is 0 Å². The molecular formula is C19H17Cl2N3OS. The van der Waals surface area contributed by atoms with Crippen LogP contribution in [0.1, 0.15) is 17.1 Å². The largest absolute Gasteiger partial charge is 0.366 e. The van der Waals surface area contributed by atoms with E-state index >= 15 is 0 Å². The van der Waals surface area contributed by atoms with Gasteiger partial charge in [0.1, 0.15) is 11.6 Å². The third-order valence-corrected chi connectivity index (χ3v) is 5.59. The molecule has 2 aromatic carbocycles. The number of aryl methyl sites for hydroxylation is 1. The maximum atomic E-state index is 12.5. The van der Waals surface area contributed by atoms with Crippen molar-refractivity contribution >= 4 is 39.8 Å². The van der Waals surface area contributed by atoms with Crippen LogP contribution in [-0.4, -0.2) is 14.2 Å². The van der Waals surface area contributed by atoms with Crippen molar-refractivity contribution in [3.63, 3.8) is 0 Å². The van der Waals surface area contributed by atoms with E-state index in [0.29, 0.717) is 34.0 Å². The highest BCUT2D eigenvalue weighted by Gasteiger charge is 2.09. The van der Waals surface area contributed by atoms with Gasteiger partial charge in [-0.3, -0.25) is 4.21 Å². The topological polar surface area (TPSA) is 54.9 Å². The van der Waals surface area contributed by atoms with Gasteiger partial charge in [-0.2, -0.15) is 0 Å². The van der Waals surface area contributed by atoms with Gasteiger partial charge in [0.2, 0.25) is 0 Å². The Kier molecular flexibility index (Phi) is 6.25. The van der Waals surface area contributed by atoms with Crippen LogP contribution in [0.4, 0.5) is 5.82 Å². The summed E-state index contributed by atoms with van der Waals surface area (Å²) in [6, 6.07) is 16.6. The molecule has 0 saturated heterocycles. The van der Waals surface area contributed by atoms with Crippen LogP contribution >= 0.6 is 23.2 Å². The van der Waals surface area contributed by atoms with Crippen LogP contribution in [0.3, 0.4) is 0 Å². The average Bonchev–Trinajstić information content (AvgIpc) is 2.61. The lowest BCUT2D eigenvalue weighted by Crippen LogP contribution is -2.07. The summed E-state index contributed by atoms with van der Waals surface area (Å²) in [5, 5.41) is 4.44. The minimum Gasteiger partial charge on any atom is -0.366 e. The average molecular weight is 406 g/mol. The summed E-state index contributed by atoms with van der Waals surface area (Å²) in [6.07, 6.45) is 0. The van der Waals surface area contributed by atoms with Gasteiger partial charge < -0.3 is 5.32 Å². The molecule has 0 aliphatic heterocycles. The first-order valence-corrected chi connectivity index (χ1v) is 10.0. The molecule has 1 atom stereocenters. The summed E-state index contributed by atoms with van der Waals surface area (Å²) in [5.74, 6) is 1.63. The minimum absolute atomic E-state index is 0.337. The predicted molar refractivity (Wildman–Crippen MR) is 107 cm³/mol. The fourth-order valence-corrected chi connectivity index (χ4v) is 3.95. The number of hydrogen-bond donors (Lipinski definition) is 1. The van der Waals surface area contributed by atoms with Crippen molar-refractivity contribution < 1.29 is 4.21 Å². The molecule has 3 rings (SSSR count). The van der Waals surface area contributed by atoms with Gasteiger partial charge in [0.05, 0.1) is 22.2 Å². The lowest BCUT2D eigenvalue weighted by molar-refractivity contribution is 0.682. The molecule has 0 unspecified atom stereocenters. The number of nitrogens with one attached hydrogen (secondary N) is 1. The number of nitrogens with zero attached hydrogens (tertiary/aromatic N) is 2. The van der Waals surface area contributed by atoms with Crippen LogP contribution in [0.15, 0.2) is 59.5 Å². The van der Waals surface area contributed by atoms with Gasteiger partial charge in [0, 0.05) is 27.6 Å². The van der Waals surface area contributed by atoms with E-state index in [1.54, 1.807) is 12.1 Å². The maximum Gasteiger partial charge on any atom is 0.130 e. The second-order valence-corrected chi connectivity index (χ2v) is 7.98. The smallest absolute Gasteiger partial charge is 0.130 e. The van der Waals surface area contributed by atoms with Crippen LogP contribution in [0.5, 0.6) is 0 Å². The number of hydrogen-bond acceptors (Lipinski definition) is 4. The van der Waals surface area contributed by atoms with Gasteiger partial charge in [-0.05, 0) is 36.8 Å². The number of rotatable bonds is 6. The zero-order valence-corrected chi connectivity index (χ0v) is 16.4. The molecule has 1 heterocycles. The Bertz CT molecular complexity index is 935. The Hall–Kier alpha value is -1.95. The third kappa shape index (κ3) is 5.04. The van der Waals surface area contributed by atoms with E-state index in [1.165, 1.54) is 0 Å². The molecule has 0 fully saturated rings. The highest BCUT2D eigenvalue weighted by molar-refractivity contribution is 7.84. The van der Waals surface area contributed by atoms with Crippen LogP contribution < -0.4 is 5.32 Å². The zero-order chi connectivity index (χ0) is 18.5. The molecule has 4 nitrogen and oxygen atoms in total. The molecule has 0 saturated carbocycles. The minimum atomic E-state index is -1.15. The van der Waals surface area contributed by atoms with Crippen LogP contribution in [0, 0.1) is 6.92 Å². The summed E-state index contributed by atoms with van der Waals surface area (Å²) < 4.78 is 12.5. The lowest BCUT2D eigenvalue weighted by Gasteiger charge is -2.10. The predicted octanol–water partition coefficient (Wildman–Crippen LogP) is 5.01. The van der Waals surface area contributed by atoms with Crippen LogP contribution in [0.25, 0.3) is 0 Å². The first-order chi connectivity index (χ1) is 12.5. The van der Waals surface area contributed by atoms with Gasteiger partial charge >= 0.3 is 0 Å². The molecule has 7 heteroatoms. The van der Waals surface area contributed by atoms with E-state index < -0.39 is 10.8 Å².